The molecule has 8 heteroatoms. The quantitative estimate of drug-likeness (QED) is 0.540. The summed E-state index contributed by atoms with van der Waals surface area (Å²) in [6.07, 6.45) is 2.91. The highest BCUT2D eigenvalue weighted by Gasteiger charge is 2.25. The zero-order valence-electron chi connectivity index (χ0n) is 19.0. The summed E-state index contributed by atoms with van der Waals surface area (Å²) >= 11 is 6.02. The molecule has 0 bridgehead atoms. The van der Waals surface area contributed by atoms with Crippen molar-refractivity contribution in [3.05, 3.63) is 82.3 Å². The van der Waals surface area contributed by atoms with E-state index in [0.717, 1.165) is 17.5 Å². The number of amides is 2. The van der Waals surface area contributed by atoms with E-state index in [0.29, 0.717) is 29.1 Å². The monoisotopic (exact) mass is 480 g/mol. The molecular weight excluding hydrogens is 455 g/mol. The van der Waals surface area contributed by atoms with Gasteiger partial charge in [-0.1, -0.05) is 29.8 Å². The molecule has 0 spiro atoms. The van der Waals surface area contributed by atoms with Crippen LogP contribution in [-0.2, 0) is 4.79 Å². The van der Waals surface area contributed by atoms with E-state index < -0.39 is 11.7 Å². The van der Waals surface area contributed by atoms with Gasteiger partial charge in [0.25, 0.3) is 5.91 Å². The summed E-state index contributed by atoms with van der Waals surface area (Å²) in [5, 5.41) is 3.36. The van der Waals surface area contributed by atoms with Crippen molar-refractivity contribution in [2.24, 2.45) is 0 Å². The molecule has 4 rings (SSSR count). The van der Waals surface area contributed by atoms with E-state index in [4.69, 9.17) is 17.3 Å². The van der Waals surface area contributed by atoms with Crippen molar-refractivity contribution in [1.82, 2.24) is 15.2 Å². The number of nitrogens with one attached hydrogen (secondary N) is 1. The van der Waals surface area contributed by atoms with Crippen LogP contribution in [0.3, 0.4) is 0 Å². The number of rotatable bonds is 5. The first-order valence-corrected chi connectivity index (χ1v) is 11.5. The third-order valence-corrected chi connectivity index (χ3v) is 6.53. The van der Waals surface area contributed by atoms with E-state index in [1.165, 1.54) is 12.1 Å². The summed E-state index contributed by atoms with van der Waals surface area (Å²) in [6, 6.07) is 13.0. The molecule has 3 N–H and O–H groups in total. The van der Waals surface area contributed by atoms with Gasteiger partial charge in [0.2, 0.25) is 5.91 Å². The van der Waals surface area contributed by atoms with Crippen molar-refractivity contribution in [3.8, 4) is 11.1 Å². The molecule has 0 aliphatic carbocycles. The fourth-order valence-corrected chi connectivity index (χ4v) is 4.37. The third kappa shape index (κ3) is 5.04. The summed E-state index contributed by atoms with van der Waals surface area (Å²) < 4.78 is 15.0. The summed E-state index contributed by atoms with van der Waals surface area (Å²) in [7, 11) is 1.79. The Morgan fingerprint density at radius 3 is 2.76 bits per heavy atom. The smallest absolute Gasteiger partial charge is 0.254 e. The lowest BCUT2D eigenvalue weighted by molar-refractivity contribution is -0.132. The van der Waals surface area contributed by atoms with E-state index in [1.54, 1.807) is 42.4 Å². The number of nitrogen functional groups attached to an aromatic ring is 1. The summed E-state index contributed by atoms with van der Waals surface area (Å²) in [4.78, 5) is 30.8. The van der Waals surface area contributed by atoms with E-state index >= 15 is 0 Å². The van der Waals surface area contributed by atoms with Gasteiger partial charge >= 0.3 is 0 Å². The van der Waals surface area contributed by atoms with Crippen LogP contribution in [0, 0.1) is 5.82 Å². The Kier molecular flexibility index (Phi) is 6.84. The molecule has 1 aliphatic rings. The predicted octanol–water partition coefficient (Wildman–Crippen LogP) is 4.95. The number of hydrogen-bond acceptors (Lipinski definition) is 4. The molecule has 1 saturated heterocycles. The first-order chi connectivity index (χ1) is 16.2. The van der Waals surface area contributed by atoms with Crippen LogP contribution in [0.15, 0.2) is 54.7 Å². The second-order valence-corrected chi connectivity index (χ2v) is 9.09. The first kappa shape index (κ1) is 23.7. The van der Waals surface area contributed by atoms with Crippen LogP contribution >= 0.6 is 11.6 Å². The Labute approximate surface area is 202 Å². The number of piperidine rings is 1. The number of nitrogens with two attached hydrogens (primary N) is 1. The second-order valence-electron chi connectivity index (χ2n) is 8.65. The molecule has 2 atom stereocenters. The van der Waals surface area contributed by atoms with Crippen LogP contribution in [0.4, 0.5) is 10.2 Å². The number of likely N-dealkylation sites (tertiary alicyclic amines) is 1. The summed E-state index contributed by atoms with van der Waals surface area (Å²) in [6.45, 7) is 2.48. The number of benzene rings is 2. The largest absolute Gasteiger partial charge is 0.383 e. The van der Waals surface area contributed by atoms with Crippen molar-refractivity contribution >= 4 is 29.2 Å². The molecule has 2 aromatic carbocycles. The standard InChI is InChI=1S/C26H26ClFN4O2/c1-15(16-4-3-5-20(27)10-16)31-26(34)21-7-6-18(12-23(21)28)22-11-19(14-30-25(22)29)17-8-9-32(2)24(33)13-17/h3-7,10-12,14-15,17H,8-9,13H2,1-2H3,(H2,29,30)(H,31,34)/t15-,17+/m1/s1. The average Bonchev–Trinajstić information content (AvgIpc) is 2.81. The zero-order valence-corrected chi connectivity index (χ0v) is 19.8. The SMILES string of the molecule is C[C@@H](NC(=O)c1ccc(-c2cc([C@H]3CCN(C)C(=O)C3)cnc2N)cc1F)c1cccc(Cl)c1. The minimum absolute atomic E-state index is 0.0402. The highest BCUT2D eigenvalue weighted by atomic mass is 35.5. The predicted molar refractivity (Wildman–Crippen MR) is 131 cm³/mol. The van der Waals surface area contributed by atoms with Gasteiger partial charge in [0.05, 0.1) is 11.6 Å². The van der Waals surface area contributed by atoms with E-state index in [2.05, 4.69) is 10.3 Å². The fraction of sp³-hybridized carbons (Fsp3) is 0.269. The molecule has 3 aromatic rings. The van der Waals surface area contributed by atoms with Gasteiger partial charge in [0.1, 0.15) is 11.6 Å². The molecule has 176 valence electrons. The number of hydrogen-bond donors (Lipinski definition) is 2. The minimum atomic E-state index is -0.660. The molecule has 34 heavy (non-hydrogen) atoms. The first-order valence-electron chi connectivity index (χ1n) is 11.1. The summed E-state index contributed by atoms with van der Waals surface area (Å²) in [5.41, 5.74) is 8.82. The molecule has 0 saturated carbocycles. The lowest BCUT2D eigenvalue weighted by atomic mass is 9.88. The van der Waals surface area contributed by atoms with Crippen LogP contribution in [-0.4, -0.2) is 35.3 Å². The van der Waals surface area contributed by atoms with Crippen molar-refractivity contribution in [1.29, 1.82) is 0 Å². The molecule has 1 fully saturated rings. The number of carbonyl (C=O) groups excluding carboxylic acids is 2. The average molecular weight is 481 g/mol. The highest BCUT2D eigenvalue weighted by molar-refractivity contribution is 6.30. The number of anilines is 1. The van der Waals surface area contributed by atoms with Crippen LogP contribution in [0.1, 0.15) is 53.2 Å². The molecule has 6 nitrogen and oxygen atoms in total. The number of pyridine rings is 1. The molecule has 2 amide bonds. The van der Waals surface area contributed by atoms with Gasteiger partial charge in [-0.15, -0.1) is 0 Å². The highest BCUT2D eigenvalue weighted by Crippen LogP contribution is 2.33. The Morgan fingerprint density at radius 2 is 2.06 bits per heavy atom. The molecule has 1 aliphatic heterocycles. The maximum atomic E-state index is 15.0. The van der Waals surface area contributed by atoms with E-state index in [1.807, 2.05) is 19.1 Å². The Balaban J connectivity index is 1.55. The normalized spacial score (nSPS) is 16.9. The molecular formula is C26H26ClFN4O2. The van der Waals surface area contributed by atoms with Gasteiger partial charge in [-0.25, -0.2) is 9.37 Å². The summed E-state index contributed by atoms with van der Waals surface area (Å²) in [5.74, 6) is -0.801. The van der Waals surface area contributed by atoms with Crippen LogP contribution in [0.2, 0.25) is 5.02 Å². The maximum absolute atomic E-state index is 15.0. The van der Waals surface area contributed by atoms with Crippen LogP contribution < -0.4 is 11.1 Å². The topological polar surface area (TPSA) is 88.3 Å². The van der Waals surface area contributed by atoms with Crippen molar-refractivity contribution < 1.29 is 14.0 Å². The number of aromatic nitrogens is 1. The van der Waals surface area contributed by atoms with Gasteiger partial charge in [-0.3, -0.25) is 9.59 Å². The molecule has 2 heterocycles. The van der Waals surface area contributed by atoms with Crippen LogP contribution in [0.25, 0.3) is 11.1 Å². The van der Waals surface area contributed by atoms with Crippen molar-refractivity contribution in [3.63, 3.8) is 0 Å². The van der Waals surface area contributed by atoms with Gasteiger partial charge < -0.3 is 16.0 Å². The van der Waals surface area contributed by atoms with Gasteiger partial charge in [0, 0.05) is 36.8 Å². The molecule has 1 aromatic heterocycles. The molecule has 0 unspecified atom stereocenters. The zero-order chi connectivity index (χ0) is 24.4. The van der Waals surface area contributed by atoms with Crippen molar-refractivity contribution in [2.75, 3.05) is 19.3 Å². The fourth-order valence-electron chi connectivity index (χ4n) is 4.17. The van der Waals surface area contributed by atoms with Crippen molar-refractivity contribution in [2.45, 2.75) is 31.7 Å². The van der Waals surface area contributed by atoms with Gasteiger partial charge in [-0.05, 0) is 66.3 Å². The maximum Gasteiger partial charge on any atom is 0.254 e. The third-order valence-electron chi connectivity index (χ3n) is 6.29. The van der Waals surface area contributed by atoms with E-state index in [9.17, 15) is 14.0 Å². The Bertz CT molecular complexity index is 1250. The Hall–Kier alpha value is -3.45. The van der Waals surface area contributed by atoms with Gasteiger partial charge in [-0.2, -0.15) is 0 Å². The number of carbonyl (C=O) groups is 2. The van der Waals surface area contributed by atoms with E-state index in [-0.39, 0.29) is 29.2 Å². The minimum Gasteiger partial charge on any atom is -0.383 e. The molecule has 0 radical (unpaired) electrons. The lowest BCUT2D eigenvalue weighted by Crippen LogP contribution is -2.34. The lowest BCUT2D eigenvalue weighted by Gasteiger charge is -2.29. The number of halogens is 2. The number of nitrogens with zero attached hydrogens (tertiary/aromatic N) is 2. The van der Waals surface area contributed by atoms with Gasteiger partial charge in [0.15, 0.2) is 0 Å². The van der Waals surface area contributed by atoms with Crippen LogP contribution in [0.5, 0.6) is 0 Å². The second kappa shape index (κ2) is 9.81. The Morgan fingerprint density at radius 1 is 1.26 bits per heavy atom.